The zero-order chi connectivity index (χ0) is 34.6. The molecule has 0 aliphatic heterocycles. The molecule has 0 aromatic heterocycles. The fourth-order valence-corrected chi connectivity index (χ4v) is 11.1. The van der Waals surface area contributed by atoms with Gasteiger partial charge < -0.3 is 14.5 Å². The third-order valence-corrected chi connectivity index (χ3v) is 14.1. The Morgan fingerprint density at radius 3 is 2.45 bits per heavy atom. The number of fused-ring (bicyclic) bond motifs is 5. The minimum Gasteiger partial charge on any atom is -0.462 e. The van der Waals surface area contributed by atoms with Gasteiger partial charge >= 0.3 is 5.97 Å². The standard InChI is InChI=1S/C38H66N2O6S/c1-27(2)10-8-11-28(3)32-14-15-33-31-13-12-29-26-30(18-20-37(29,4)34(31)19-21-38(32,33)5)46-36(42)17-16-35(41)39-22-24-40(6,7)23-9-25-47(43,44)45/h12,27-28,30-34H,8-11,13-26H2,1-7H3,(H-,39,41,43,44,45)/p+1/t28-,30+,31+,32?,33?,34?,37+,38-/m1/s1. The largest absolute Gasteiger partial charge is 0.462 e. The van der Waals surface area contributed by atoms with E-state index in [0.717, 1.165) is 54.8 Å². The molecular weight excluding hydrogens is 612 g/mol. The molecule has 3 fully saturated rings. The van der Waals surface area contributed by atoms with Crippen molar-refractivity contribution in [3.8, 4) is 0 Å². The molecule has 2 N–H and O–H groups in total. The Balaban J connectivity index is 1.22. The Hall–Kier alpha value is -1.45. The number of nitrogens with one attached hydrogen (secondary N) is 1. The zero-order valence-corrected chi connectivity index (χ0v) is 31.5. The molecule has 1 amide bonds. The van der Waals surface area contributed by atoms with Crippen molar-refractivity contribution in [3.05, 3.63) is 11.6 Å². The second kappa shape index (κ2) is 15.6. The van der Waals surface area contributed by atoms with Crippen molar-refractivity contribution >= 4 is 22.0 Å². The summed E-state index contributed by atoms with van der Waals surface area (Å²) in [7, 11) is -0.0501. The number of carbonyl (C=O) groups excluding carboxylic acids is 2. The van der Waals surface area contributed by atoms with Gasteiger partial charge in [0.05, 0.1) is 45.9 Å². The zero-order valence-electron chi connectivity index (χ0n) is 30.7. The Labute approximate surface area is 286 Å². The predicted molar refractivity (Wildman–Crippen MR) is 188 cm³/mol. The van der Waals surface area contributed by atoms with Crippen molar-refractivity contribution in [3.63, 3.8) is 0 Å². The summed E-state index contributed by atoms with van der Waals surface area (Å²) in [5.41, 5.74) is 2.21. The monoisotopic (exact) mass is 679 g/mol. The van der Waals surface area contributed by atoms with Crippen LogP contribution in [0.15, 0.2) is 11.6 Å². The fraction of sp³-hybridized carbons (Fsp3) is 0.895. The molecule has 4 aliphatic carbocycles. The van der Waals surface area contributed by atoms with Crippen molar-refractivity contribution in [1.29, 1.82) is 0 Å². The van der Waals surface area contributed by atoms with Gasteiger partial charge in [0.15, 0.2) is 0 Å². The van der Waals surface area contributed by atoms with Crippen LogP contribution in [-0.2, 0) is 24.4 Å². The lowest BCUT2D eigenvalue weighted by Gasteiger charge is -2.58. The van der Waals surface area contributed by atoms with Crippen LogP contribution >= 0.6 is 0 Å². The van der Waals surface area contributed by atoms with Crippen LogP contribution in [0.5, 0.6) is 0 Å². The van der Waals surface area contributed by atoms with Gasteiger partial charge in [0.2, 0.25) is 5.91 Å². The Kier molecular flexibility index (Phi) is 12.7. The van der Waals surface area contributed by atoms with E-state index in [-0.39, 0.29) is 42.0 Å². The van der Waals surface area contributed by atoms with Gasteiger partial charge in [-0.2, -0.15) is 8.42 Å². The number of carbonyl (C=O) groups is 2. The molecule has 4 aliphatic rings. The average molecular weight is 680 g/mol. The first-order chi connectivity index (χ1) is 21.9. The van der Waals surface area contributed by atoms with Crippen LogP contribution in [0, 0.1) is 46.3 Å². The second-order valence-corrected chi connectivity index (χ2v) is 19.1. The molecule has 3 saturated carbocycles. The maximum absolute atomic E-state index is 12.8. The van der Waals surface area contributed by atoms with E-state index < -0.39 is 10.1 Å². The van der Waals surface area contributed by atoms with Crippen LogP contribution in [0.2, 0.25) is 0 Å². The van der Waals surface area contributed by atoms with Gasteiger partial charge in [-0.3, -0.25) is 14.1 Å². The van der Waals surface area contributed by atoms with Crippen LogP contribution in [0.4, 0.5) is 0 Å². The highest BCUT2D eigenvalue weighted by Crippen LogP contribution is 2.67. The highest BCUT2D eigenvalue weighted by molar-refractivity contribution is 7.85. The van der Waals surface area contributed by atoms with Crippen LogP contribution in [0.1, 0.15) is 125 Å². The summed E-state index contributed by atoms with van der Waals surface area (Å²) in [5.74, 6) is 4.12. The van der Waals surface area contributed by atoms with Crippen molar-refractivity contribution in [1.82, 2.24) is 5.32 Å². The molecule has 0 spiro atoms. The smallest absolute Gasteiger partial charge is 0.306 e. The molecule has 4 rings (SSSR count). The Morgan fingerprint density at radius 2 is 1.74 bits per heavy atom. The molecular formula is C38H67N2O6S+. The third kappa shape index (κ3) is 9.84. The van der Waals surface area contributed by atoms with Crippen LogP contribution in [0.25, 0.3) is 0 Å². The maximum Gasteiger partial charge on any atom is 0.306 e. The molecule has 3 unspecified atom stereocenters. The first-order valence-electron chi connectivity index (χ1n) is 18.9. The van der Waals surface area contributed by atoms with Crippen molar-refractivity contribution < 1.29 is 31.8 Å². The van der Waals surface area contributed by atoms with Gasteiger partial charge in [0.1, 0.15) is 6.10 Å². The van der Waals surface area contributed by atoms with Crippen molar-refractivity contribution in [2.75, 3.05) is 39.5 Å². The number of nitrogens with zero attached hydrogens (tertiary/aromatic N) is 1. The number of esters is 1. The summed E-state index contributed by atoms with van der Waals surface area (Å²) in [6.45, 7) is 14.0. The van der Waals surface area contributed by atoms with Crippen LogP contribution in [0.3, 0.4) is 0 Å². The molecule has 0 heterocycles. The lowest BCUT2D eigenvalue weighted by Crippen LogP contribution is -2.51. The number of amides is 1. The number of ether oxygens (including phenoxy) is 1. The first kappa shape index (κ1) is 38.4. The molecule has 0 saturated heterocycles. The molecule has 270 valence electrons. The number of quaternary nitrogens is 1. The summed E-state index contributed by atoms with van der Waals surface area (Å²) in [6, 6.07) is 0. The summed E-state index contributed by atoms with van der Waals surface area (Å²) in [5, 5.41) is 2.87. The number of likely N-dealkylation sites (N-methyl/N-ethyl adjacent to an activating group) is 1. The first-order valence-corrected chi connectivity index (χ1v) is 20.5. The van der Waals surface area contributed by atoms with E-state index in [1.165, 1.54) is 56.9 Å². The molecule has 8 nitrogen and oxygen atoms in total. The van der Waals surface area contributed by atoms with E-state index in [2.05, 4.69) is 46.0 Å². The van der Waals surface area contributed by atoms with E-state index in [9.17, 15) is 18.0 Å². The average Bonchev–Trinajstić information content (AvgIpc) is 3.32. The molecule has 0 aromatic rings. The maximum atomic E-state index is 12.8. The lowest BCUT2D eigenvalue weighted by molar-refractivity contribution is -0.889. The van der Waals surface area contributed by atoms with Gasteiger partial charge in [-0.05, 0) is 91.3 Å². The predicted octanol–water partition coefficient (Wildman–Crippen LogP) is 7.19. The van der Waals surface area contributed by atoms with E-state index in [0.29, 0.717) is 36.0 Å². The fourth-order valence-electron chi connectivity index (χ4n) is 10.6. The van der Waals surface area contributed by atoms with Crippen molar-refractivity contribution in [2.45, 2.75) is 131 Å². The van der Waals surface area contributed by atoms with E-state index >= 15 is 0 Å². The van der Waals surface area contributed by atoms with Crippen LogP contribution in [-0.4, -0.2) is 74.9 Å². The minimum atomic E-state index is -3.96. The van der Waals surface area contributed by atoms with Gasteiger partial charge in [-0.25, -0.2) is 0 Å². The van der Waals surface area contributed by atoms with Crippen LogP contribution < -0.4 is 5.32 Å². The Morgan fingerprint density at radius 1 is 1.00 bits per heavy atom. The molecule has 0 aromatic carbocycles. The summed E-state index contributed by atoms with van der Waals surface area (Å²) in [4.78, 5) is 25.2. The topological polar surface area (TPSA) is 110 Å². The molecule has 47 heavy (non-hydrogen) atoms. The summed E-state index contributed by atoms with van der Waals surface area (Å²) >= 11 is 0. The van der Waals surface area contributed by atoms with Gasteiger partial charge in [0, 0.05) is 19.3 Å². The van der Waals surface area contributed by atoms with Gasteiger partial charge in [-0.15, -0.1) is 0 Å². The molecule has 9 heteroatoms. The number of hydrogen-bond donors (Lipinski definition) is 2. The minimum absolute atomic E-state index is 0.0767. The highest BCUT2D eigenvalue weighted by atomic mass is 32.2. The Bertz CT molecular complexity index is 1230. The van der Waals surface area contributed by atoms with Gasteiger partial charge in [-0.1, -0.05) is 65.5 Å². The second-order valence-electron chi connectivity index (χ2n) is 17.5. The lowest BCUT2D eigenvalue weighted by atomic mass is 9.47. The SMILES string of the molecule is CC(C)CCC[C@@H](C)C1CCC2[C@@H]3CC=C4C[C@@H](OC(=O)CCC(=O)NCC[N+](C)(C)CCCS(=O)(=O)O)CC[C@]4(C)C3CC[C@@]21C. The van der Waals surface area contributed by atoms with Gasteiger partial charge in [0.25, 0.3) is 10.1 Å². The van der Waals surface area contributed by atoms with E-state index in [1.54, 1.807) is 0 Å². The summed E-state index contributed by atoms with van der Waals surface area (Å²) < 4.78 is 37.3. The number of rotatable bonds is 16. The molecule has 0 bridgehead atoms. The van der Waals surface area contributed by atoms with Crippen molar-refractivity contribution in [2.24, 2.45) is 46.3 Å². The third-order valence-electron chi connectivity index (χ3n) is 13.3. The molecule has 0 radical (unpaired) electrons. The normalized spacial score (nSPS) is 33.0. The number of allylic oxidation sites excluding steroid dienone is 1. The van der Waals surface area contributed by atoms with E-state index in [4.69, 9.17) is 9.29 Å². The highest BCUT2D eigenvalue weighted by Gasteiger charge is 2.59. The quantitative estimate of drug-likeness (QED) is 0.0774. The summed E-state index contributed by atoms with van der Waals surface area (Å²) in [6.07, 6.45) is 16.6. The number of hydrogen-bond acceptors (Lipinski definition) is 5. The molecule has 8 atom stereocenters. The van der Waals surface area contributed by atoms with E-state index in [1.807, 2.05) is 14.1 Å².